The molecule has 8 nitrogen and oxygen atoms in total. The Bertz CT molecular complexity index is 815. The maximum absolute atomic E-state index is 12.7. The molecule has 1 heterocycles. The van der Waals surface area contributed by atoms with E-state index in [1.165, 1.54) is 10.6 Å². The molecule has 2 aliphatic rings. The Kier molecular flexibility index (Phi) is 7.13. The number of rotatable bonds is 4. The van der Waals surface area contributed by atoms with Gasteiger partial charge in [-0.05, 0) is 25.0 Å². The molecule has 9 heteroatoms. The first-order chi connectivity index (χ1) is 13.9. The number of hydrogen-bond acceptors (Lipinski definition) is 5. The van der Waals surface area contributed by atoms with Crippen molar-refractivity contribution >= 4 is 21.8 Å². The van der Waals surface area contributed by atoms with Crippen molar-refractivity contribution in [1.82, 2.24) is 14.5 Å². The molecule has 160 valence electrons. The van der Waals surface area contributed by atoms with Crippen LogP contribution in [0.15, 0.2) is 30.3 Å². The van der Waals surface area contributed by atoms with E-state index >= 15 is 0 Å². The topological polar surface area (TPSA) is 96.0 Å². The van der Waals surface area contributed by atoms with Gasteiger partial charge in [-0.15, -0.1) is 0 Å². The van der Waals surface area contributed by atoms with E-state index in [2.05, 4.69) is 5.32 Å². The molecular weight excluding hydrogens is 394 g/mol. The van der Waals surface area contributed by atoms with Gasteiger partial charge in [-0.25, -0.2) is 8.42 Å². The van der Waals surface area contributed by atoms with Crippen LogP contribution in [0.3, 0.4) is 0 Å². The van der Waals surface area contributed by atoms with Crippen molar-refractivity contribution in [3.63, 3.8) is 0 Å². The molecule has 2 amide bonds. The fourth-order valence-corrected chi connectivity index (χ4v) is 5.28. The summed E-state index contributed by atoms with van der Waals surface area (Å²) in [6.45, 7) is 0.978. The summed E-state index contributed by atoms with van der Waals surface area (Å²) in [5, 5.41) is 2.89. The summed E-state index contributed by atoms with van der Waals surface area (Å²) in [5.74, 6) is -0.101. The van der Waals surface area contributed by atoms with Crippen LogP contribution in [0.4, 0.5) is 0 Å². The van der Waals surface area contributed by atoms with Gasteiger partial charge in [-0.1, -0.05) is 31.0 Å². The van der Waals surface area contributed by atoms with Gasteiger partial charge in [-0.2, -0.15) is 4.31 Å². The summed E-state index contributed by atoms with van der Waals surface area (Å²) in [7, 11) is -3.51. The van der Waals surface area contributed by atoms with Crippen molar-refractivity contribution in [2.75, 3.05) is 39.0 Å². The molecule has 0 unspecified atom stereocenters. The Morgan fingerprint density at radius 2 is 1.86 bits per heavy atom. The molecular formula is C20H29N3O5S. The van der Waals surface area contributed by atoms with Gasteiger partial charge in [-0.3, -0.25) is 9.59 Å². The third-order valence-corrected chi connectivity index (χ3v) is 6.90. The summed E-state index contributed by atoms with van der Waals surface area (Å²) < 4.78 is 31.9. The number of carbonyl (C=O) groups excluding carboxylic acids is 2. The fraction of sp³-hybridized carbons (Fsp3) is 0.600. The number of nitrogens with one attached hydrogen (secondary N) is 1. The quantitative estimate of drug-likeness (QED) is 0.774. The number of sulfonamides is 1. The highest BCUT2D eigenvalue weighted by Crippen LogP contribution is 2.30. The Morgan fingerprint density at radius 1 is 1.14 bits per heavy atom. The Hall–Kier alpha value is -2.13. The highest BCUT2D eigenvalue weighted by molar-refractivity contribution is 7.88. The smallest absolute Gasteiger partial charge is 0.260 e. The van der Waals surface area contributed by atoms with Crippen LogP contribution in [-0.4, -0.2) is 74.5 Å². The summed E-state index contributed by atoms with van der Waals surface area (Å²) in [4.78, 5) is 26.9. The van der Waals surface area contributed by atoms with Gasteiger partial charge in [0.25, 0.3) is 5.91 Å². The van der Waals surface area contributed by atoms with Crippen molar-refractivity contribution in [2.24, 2.45) is 5.92 Å². The lowest BCUT2D eigenvalue weighted by Gasteiger charge is -2.39. The van der Waals surface area contributed by atoms with Gasteiger partial charge >= 0.3 is 0 Å². The molecule has 1 aromatic carbocycles. The van der Waals surface area contributed by atoms with Crippen molar-refractivity contribution in [1.29, 1.82) is 0 Å². The molecule has 1 saturated carbocycles. The second-order valence-corrected chi connectivity index (χ2v) is 9.54. The van der Waals surface area contributed by atoms with Crippen LogP contribution in [0.25, 0.3) is 0 Å². The molecule has 0 spiro atoms. The Labute approximate surface area is 172 Å². The molecule has 2 fully saturated rings. The number of carbonyl (C=O) groups is 2. The van der Waals surface area contributed by atoms with Crippen LogP contribution >= 0.6 is 0 Å². The van der Waals surface area contributed by atoms with Crippen molar-refractivity contribution < 1.29 is 22.7 Å². The number of benzene rings is 1. The molecule has 3 rings (SSSR count). The molecule has 0 bridgehead atoms. The molecule has 1 aliphatic heterocycles. The predicted octanol–water partition coefficient (Wildman–Crippen LogP) is 0.844. The molecule has 1 saturated heterocycles. The van der Waals surface area contributed by atoms with Crippen molar-refractivity contribution in [2.45, 2.75) is 31.7 Å². The van der Waals surface area contributed by atoms with Crippen LogP contribution in [0.1, 0.15) is 25.7 Å². The van der Waals surface area contributed by atoms with Gasteiger partial charge in [0, 0.05) is 32.2 Å². The van der Waals surface area contributed by atoms with E-state index < -0.39 is 10.0 Å². The zero-order chi connectivity index (χ0) is 20.9. The van der Waals surface area contributed by atoms with Gasteiger partial charge in [0.1, 0.15) is 5.75 Å². The van der Waals surface area contributed by atoms with E-state index in [4.69, 9.17) is 4.74 Å². The van der Waals surface area contributed by atoms with Crippen LogP contribution in [0, 0.1) is 5.92 Å². The number of amides is 2. The second-order valence-electron chi connectivity index (χ2n) is 7.61. The lowest BCUT2D eigenvalue weighted by molar-refractivity contribution is -0.135. The normalized spacial score (nSPS) is 24.3. The first kappa shape index (κ1) is 21.6. The third kappa shape index (κ3) is 5.70. The van der Waals surface area contributed by atoms with Crippen LogP contribution in [-0.2, 0) is 19.6 Å². The lowest BCUT2D eigenvalue weighted by Crippen LogP contribution is -2.55. The summed E-state index contributed by atoms with van der Waals surface area (Å²) >= 11 is 0. The minimum Gasteiger partial charge on any atom is -0.484 e. The summed E-state index contributed by atoms with van der Waals surface area (Å²) in [6.07, 6.45) is 4.35. The highest BCUT2D eigenvalue weighted by atomic mass is 32.2. The second kappa shape index (κ2) is 9.58. The number of hydrogen-bond donors (Lipinski definition) is 1. The van der Waals surface area contributed by atoms with Crippen LogP contribution < -0.4 is 10.1 Å². The highest BCUT2D eigenvalue weighted by Gasteiger charge is 2.39. The third-order valence-electron chi connectivity index (χ3n) is 5.59. The van der Waals surface area contributed by atoms with E-state index in [0.29, 0.717) is 31.7 Å². The molecule has 0 aromatic heterocycles. The van der Waals surface area contributed by atoms with E-state index in [1.807, 2.05) is 18.2 Å². The summed E-state index contributed by atoms with van der Waals surface area (Å²) in [5.41, 5.74) is 0. The molecule has 1 aliphatic carbocycles. The Morgan fingerprint density at radius 3 is 2.59 bits per heavy atom. The lowest BCUT2D eigenvalue weighted by atomic mass is 9.83. The number of fused-ring (bicyclic) bond motifs is 1. The first-order valence-electron chi connectivity index (χ1n) is 10.1. The van der Waals surface area contributed by atoms with Gasteiger partial charge in [0.15, 0.2) is 6.61 Å². The fourth-order valence-electron chi connectivity index (χ4n) is 4.12. The average molecular weight is 424 g/mol. The van der Waals surface area contributed by atoms with Gasteiger partial charge in [0.2, 0.25) is 15.9 Å². The average Bonchev–Trinajstić information content (AvgIpc) is 2.70. The van der Waals surface area contributed by atoms with E-state index in [1.54, 1.807) is 17.0 Å². The maximum Gasteiger partial charge on any atom is 0.260 e. The maximum atomic E-state index is 12.7. The SMILES string of the molecule is CS(=O)(=O)N1CCN(C(=O)COc2ccccc2)CCNC(=O)[C@H]2CCCC[C@H]21. The molecule has 1 N–H and O–H groups in total. The largest absolute Gasteiger partial charge is 0.484 e. The predicted molar refractivity (Wildman–Crippen MR) is 109 cm³/mol. The number of nitrogens with zero attached hydrogens (tertiary/aromatic N) is 2. The molecule has 2 atom stereocenters. The monoisotopic (exact) mass is 423 g/mol. The molecule has 29 heavy (non-hydrogen) atoms. The zero-order valence-corrected chi connectivity index (χ0v) is 17.6. The Balaban J connectivity index is 1.72. The van der Waals surface area contributed by atoms with Crippen molar-refractivity contribution in [3.05, 3.63) is 30.3 Å². The van der Waals surface area contributed by atoms with Gasteiger partial charge < -0.3 is 15.0 Å². The summed E-state index contributed by atoms with van der Waals surface area (Å²) in [6, 6.07) is 8.69. The van der Waals surface area contributed by atoms with E-state index in [0.717, 1.165) is 12.8 Å². The van der Waals surface area contributed by atoms with Crippen LogP contribution in [0.5, 0.6) is 5.75 Å². The first-order valence-corrected chi connectivity index (χ1v) is 11.9. The van der Waals surface area contributed by atoms with Crippen molar-refractivity contribution in [3.8, 4) is 5.75 Å². The standard InChI is InChI=1S/C20H29N3O5S/c1-29(26,27)23-14-13-22(19(24)15-28-16-7-3-2-4-8-16)12-11-21-20(25)17-9-5-6-10-18(17)23/h2-4,7-8,17-18H,5-6,9-15H2,1H3,(H,21,25)/t17-,18+/m0/s1. The molecule has 0 radical (unpaired) electrons. The number of ether oxygens (including phenoxy) is 1. The minimum absolute atomic E-state index is 0.127. The minimum atomic E-state index is -3.51. The number of para-hydroxylation sites is 1. The zero-order valence-electron chi connectivity index (χ0n) is 16.7. The van der Waals surface area contributed by atoms with Gasteiger partial charge in [0.05, 0.1) is 12.2 Å². The van der Waals surface area contributed by atoms with E-state index in [-0.39, 0.29) is 43.5 Å². The molecule has 1 aromatic rings. The van der Waals surface area contributed by atoms with Crippen LogP contribution in [0.2, 0.25) is 0 Å². The van der Waals surface area contributed by atoms with E-state index in [9.17, 15) is 18.0 Å².